The topological polar surface area (TPSA) is 45.7 Å². The molecule has 2 aliphatic rings. The van der Waals surface area contributed by atoms with Crippen LogP contribution in [-0.2, 0) is 4.74 Å². The minimum Gasteiger partial charge on any atom is -0.378 e. The predicted octanol–water partition coefficient (Wildman–Crippen LogP) is 2.96. The lowest BCUT2D eigenvalue weighted by molar-refractivity contribution is 0.0735. The molecule has 0 radical (unpaired) electrons. The van der Waals surface area contributed by atoms with E-state index >= 15 is 0 Å². The number of hydrogen-bond donors (Lipinski definition) is 0. The third kappa shape index (κ3) is 3.03. The summed E-state index contributed by atoms with van der Waals surface area (Å²) in [5.74, 6) is 1.01. The monoisotopic (exact) mass is 343 g/mol. The molecule has 0 aliphatic carbocycles. The third-order valence-electron chi connectivity index (χ3n) is 4.77. The number of rotatable bonds is 3. The maximum Gasteiger partial charge on any atom is 0.255 e. The van der Waals surface area contributed by atoms with Crippen molar-refractivity contribution in [2.75, 3.05) is 37.7 Å². The van der Waals surface area contributed by atoms with Crippen molar-refractivity contribution >= 4 is 23.1 Å². The molecule has 2 aromatic heterocycles. The van der Waals surface area contributed by atoms with Gasteiger partial charge in [-0.15, -0.1) is 0 Å². The van der Waals surface area contributed by atoms with Gasteiger partial charge in [-0.2, -0.15) is 11.3 Å². The van der Waals surface area contributed by atoms with Gasteiger partial charge in [0.05, 0.1) is 24.8 Å². The molecule has 4 heterocycles. The second kappa shape index (κ2) is 6.91. The highest BCUT2D eigenvalue weighted by Crippen LogP contribution is 2.34. The fourth-order valence-electron chi connectivity index (χ4n) is 3.48. The Hall–Kier alpha value is -1.92. The van der Waals surface area contributed by atoms with Crippen molar-refractivity contribution in [1.29, 1.82) is 0 Å². The Morgan fingerprint density at radius 3 is 2.79 bits per heavy atom. The van der Waals surface area contributed by atoms with Gasteiger partial charge in [-0.25, -0.2) is 4.98 Å². The molecule has 5 nitrogen and oxygen atoms in total. The zero-order valence-electron chi connectivity index (χ0n) is 13.6. The number of hydrogen-bond acceptors (Lipinski definition) is 5. The molecule has 2 aliphatic heterocycles. The summed E-state index contributed by atoms with van der Waals surface area (Å²) < 4.78 is 5.37. The molecule has 1 amide bonds. The van der Waals surface area contributed by atoms with Gasteiger partial charge in [0.15, 0.2) is 0 Å². The van der Waals surface area contributed by atoms with Crippen molar-refractivity contribution in [3.8, 4) is 0 Å². The molecule has 126 valence electrons. The molecule has 0 N–H and O–H groups in total. The molecular formula is C18H21N3O2S. The van der Waals surface area contributed by atoms with Gasteiger partial charge in [0, 0.05) is 25.8 Å². The largest absolute Gasteiger partial charge is 0.378 e. The number of nitrogens with zero attached hydrogens (tertiary/aromatic N) is 3. The van der Waals surface area contributed by atoms with Crippen molar-refractivity contribution < 1.29 is 9.53 Å². The summed E-state index contributed by atoms with van der Waals surface area (Å²) in [4.78, 5) is 21.6. The van der Waals surface area contributed by atoms with Crippen LogP contribution in [0.3, 0.4) is 0 Å². The molecule has 2 aromatic rings. The van der Waals surface area contributed by atoms with E-state index in [-0.39, 0.29) is 11.9 Å². The van der Waals surface area contributed by atoms with Crippen LogP contribution in [0.15, 0.2) is 35.2 Å². The van der Waals surface area contributed by atoms with E-state index in [0.717, 1.165) is 51.5 Å². The molecule has 2 fully saturated rings. The number of ether oxygens (including phenoxy) is 1. The first kappa shape index (κ1) is 15.6. The summed E-state index contributed by atoms with van der Waals surface area (Å²) in [5, 5.41) is 4.23. The van der Waals surface area contributed by atoms with Crippen LogP contribution in [-0.4, -0.2) is 48.6 Å². The van der Waals surface area contributed by atoms with Crippen LogP contribution in [0.2, 0.25) is 0 Å². The quantitative estimate of drug-likeness (QED) is 0.860. The molecule has 0 unspecified atom stereocenters. The minimum absolute atomic E-state index is 0.0877. The van der Waals surface area contributed by atoms with Crippen molar-refractivity contribution in [1.82, 2.24) is 9.88 Å². The normalized spacial score (nSPS) is 21.2. The Morgan fingerprint density at radius 1 is 1.21 bits per heavy atom. The maximum atomic E-state index is 12.9. The zero-order chi connectivity index (χ0) is 16.4. The van der Waals surface area contributed by atoms with E-state index in [2.05, 4.69) is 26.7 Å². The lowest BCUT2D eigenvalue weighted by Gasteiger charge is -2.28. The number of anilines is 1. The predicted molar refractivity (Wildman–Crippen MR) is 94.6 cm³/mol. The van der Waals surface area contributed by atoms with Gasteiger partial charge in [-0.05, 0) is 47.4 Å². The van der Waals surface area contributed by atoms with Gasteiger partial charge in [0.25, 0.3) is 5.91 Å². The zero-order valence-corrected chi connectivity index (χ0v) is 14.4. The molecule has 1 atom stereocenters. The summed E-state index contributed by atoms with van der Waals surface area (Å²) in [5.41, 5.74) is 1.93. The average molecular weight is 343 g/mol. The van der Waals surface area contributed by atoms with E-state index in [1.807, 2.05) is 17.0 Å². The van der Waals surface area contributed by atoms with Crippen LogP contribution in [0.25, 0.3) is 0 Å². The number of carbonyl (C=O) groups is 1. The summed E-state index contributed by atoms with van der Waals surface area (Å²) >= 11 is 1.69. The number of amides is 1. The number of likely N-dealkylation sites (tertiary alicyclic amines) is 1. The summed E-state index contributed by atoms with van der Waals surface area (Å²) in [6.07, 6.45) is 3.82. The van der Waals surface area contributed by atoms with Crippen LogP contribution >= 0.6 is 11.3 Å². The van der Waals surface area contributed by atoms with E-state index in [9.17, 15) is 4.79 Å². The van der Waals surface area contributed by atoms with E-state index in [1.165, 1.54) is 5.56 Å². The van der Waals surface area contributed by atoms with Crippen molar-refractivity contribution in [2.45, 2.75) is 18.9 Å². The van der Waals surface area contributed by atoms with Gasteiger partial charge in [0.2, 0.25) is 0 Å². The molecule has 0 saturated carbocycles. The van der Waals surface area contributed by atoms with Crippen LogP contribution in [0.5, 0.6) is 0 Å². The average Bonchev–Trinajstić information content (AvgIpc) is 3.33. The van der Waals surface area contributed by atoms with Crippen molar-refractivity contribution in [3.63, 3.8) is 0 Å². The summed E-state index contributed by atoms with van der Waals surface area (Å²) in [7, 11) is 0. The second-order valence-corrected chi connectivity index (χ2v) is 7.00. The number of morpholine rings is 1. The van der Waals surface area contributed by atoms with Crippen molar-refractivity contribution in [2.24, 2.45) is 0 Å². The van der Waals surface area contributed by atoms with E-state index in [4.69, 9.17) is 4.74 Å². The lowest BCUT2D eigenvalue weighted by Crippen LogP contribution is -2.36. The number of thiophene rings is 1. The standard InChI is InChI=1S/C18H21N3O2S/c22-18(21-6-1-2-16(21)15-5-11-24-13-15)14-3-4-17(19-12-14)20-7-9-23-10-8-20/h3-5,11-13,16H,1-2,6-10H2/t16-/m0/s1. The van der Waals surface area contributed by atoms with Gasteiger partial charge in [-0.1, -0.05) is 0 Å². The molecule has 6 heteroatoms. The Morgan fingerprint density at radius 2 is 2.08 bits per heavy atom. The van der Waals surface area contributed by atoms with E-state index in [1.54, 1.807) is 17.5 Å². The van der Waals surface area contributed by atoms with Gasteiger partial charge in [-0.3, -0.25) is 4.79 Å². The van der Waals surface area contributed by atoms with E-state index in [0.29, 0.717) is 5.56 Å². The first-order valence-electron chi connectivity index (χ1n) is 8.45. The number of pyridine rings is 1. The first-order chi connectivity index (χ1) is 11.8. The molecule has 2 saturated heterocycles. The van der Waals surface area contributed by atoms with Crippen molar-refractivity contribution in [3.05, 3.63) is 46.3 Å². The smallest absolute Gasteiger partial charge is 0.255 e. The van der Waals surface area contributed by atoms with Crippen LogP contribution in [0, 0.1) is 0 Å². The molecule has 4 rings (SSSR count). The first-order valence-corrected chi connectivity index (χ1v) is 9.39. The van der Waals surface area contributed by atoms with Gasteiger partial charge >= 0.3 is 0 Å². The number of carbonyl (C=O) groups excluding carboxylic acids is 1. The molecular weight excluding hydrogens is 322 g/mol. The molecule has 24 heavy (non-hydrogen) atoms. The fraction of sp³-hybridized carbons (Fsp3) is 0.444. The lowest BCUT2D eigenvalue weighted by atomic mass is 10.1. The second-order valence-electron chi connectivity index (χ2n) is 6.22. The summed E-state index contributed by atoms with van der Waals surface area (Å²) in [6.45, 7) is 4.00. The highest BCUT2D eigenvalue weighted by Gasteiger charge is 2.31. The fourth-order valence-corrected chi connectivity index (χ4v) is 4.19. The Bertz CT molecular complexity index is 681. The summed E-state index contributed by atoms with van der Waals surface area (Å²) in [6, 6.07) is 6.19. The highest BCUT2D eigenvalue weighted by atomic mass is 32.1. The minimum atomic E-state index is 0.0877. The van der Waals surface area contributed by atoms with Gasteiger partial charge < -0.3 is 14.5 Å². The Labute approximate surface area is 145 Å². The van der Waals surface area contributed by atoms with Crippen LogP contribution in [0.1, 0.15) is 34.8 Å². The van der Waals surface area contributed by atoms with Crippen LogP contribution in [0.4, 0.5) is 5.82 Å². The highest BCUT2D eigenvalue weighted by molar-refractivity contribution is 7.08. The Kier molecular flexibility index (Phi) is 4.49. The molecule has 0 bridgehead atoms. The maximum absolute atomic E-state index is 12.9. The van der Waals surface area contributed by atoms with Crippen LogP contribution < -0.4 is 4.90 Å². The molecule has 0 spiro atoms. The SMILES string of the molecule is O=C(c1ccc(N2CCOCC2)nc1)N1CCC[C@H]1c1ccsc1. The Balaban J connectivity index is 1.49. The van der Waals surface area contributed by atoms with E-state index < -0.39 is 0 Å². The number of aromatic nitrogens is 1. The third-order valence-corrected chi connectivity index (χ3v) is 5.47. The van der Waals surface area contributed by atoms with Gasteiger partial charge in [0.1, 0.15) is 5.82 Å². The molecule has 0 aromatic carbocycles.